The zero-order valence-electron chi connectivity index (χ0n) is 16.4. The number of hydrogen-bond acceptors (Lipinski definition) is 8. The van der Waals surface area contributed by atoms with Gasteiger partial charge in [-0.2, -0.15) is 0 Å². The zero-order valence-corrected chi connectivity index (χ0v) is 17.2. The molecule has 10 heteroatoms. The Hall–Kier alpha value is -3.40. The van der Waals surface area contributed by atoms with Crippen molar-refractivity contribution in [2.75, 3.05) is 38.5 Å². The molecule has 9 nitrogen and oxygen atoms in total. The maximum atomic E-state index is 12.2. The van der Waals surface area contributed by atoms with Crippen molar-refractivity contribution in [3.63, 3.8) is 0 Å². The van der Waals surface area contributed by atoms with Gasteiger partial charge in [0, 0.05) is 16.6 Å². The fourth-order valence-electron chi connectivity index (χ4n) is 2.62. The number of amides is 3. The Balaban J connectivity index is 1.50. The summed E-state index contributed by atoms with van der Waals surface area (Å²) in [5.41, 5.74) is 0.601. The van der Waals surface area contributed by atoms with E-state index in [1.807, 2.05) is 6.26 Å². The summed E-state index contributed by atoms with van der Waals surface area (Å²) >= 11 is 1.50. The molecule has 2 aromatic carbocycles. The first-order chi connectivity index (χ1) is 14.5. The van der Waals surface area contributed by atoms with Crippen LogP contribution in [0.15, 0.2) is 41.3 Å². The lowest BCUT2D eigenvalue weighted by Gasteiger charge is -2.19. The fourth-order valence-corrected chi connectivity index (χ4v) is 3.05. The van der Waals surface area contributed by atoms with E-state index in [1.165, 1.54) is 18.9 Å². The molecule has 0 bridgehead atoms. The van der Waals surface area contributed by atoms with Crippen LogP contribution >= 0.6 is 11.8 Å². The number of ether oxygens (including phenoxy) is 4. The van der Waals surface area contributed by atoms with Crippen LogP contribution in [-0.2, 0) is 9.53 Å². The van der Waals surface area contributed by atoms with E-state index in [4.69, 9.17) is 18.9 Å². The molecule has 0 saturated carbocycles. The van der Waals surface area contributed by atoms with Crippen LogP contribution in [0.1, 0.15) is 10.4 Å². The highest BCUT2D eigenvalue weighted by molar-refractivity contribution is 7.98. The molecule has 0 atom stereocenters. The molecule has 0 spiro atoms. The third-order valence-electron chi connectivity index (χ3n) is 4.02. The molecular formula is C20H20N2O7S. The first-order valence-corrected chi connectivity index (χ1v) is 10.1. The van der Waals surface area contributed by atoms with Crippen molar-refractivity contribution >= 4 is 35.4 Å². The molecule has 0 saturated heterocycles. The van der Waals surface area contributed by atoms with Crippen LogP contribution in [-0.4, -0.2) is 51.1 Å². The number of benzene rings is 2. The molecule has 2 N–H and O–H groups in total. The number of carbonyl (C=O) groups excluding carboxylic acids is 3. The molecule has 0 fully saturated rings. The standard InChI is InChI=1S/C20H20N2O7S/c1-26-16-10-13(30-2)4-5-14(16)19(24)29-11-18(23)22-20(25)21-12-3-6-15-17(9-12)28-8-7-27-15/h3-6,9-10H,7-8,11H2,1-2H3,(H2,21,22,23,25). The predicted octanol–water partition coefficient (Wildman–Crippen LogP) is 2.69. The summed E-state index contributed by atoms with van der Waals surface area (Å²) < 4.78 is 21.0. The highest BCUT2D eigenvalue weighted by Crippen LogP contribution is 2.32. The van der Waals surface area contributed by atoms with E-state index in [2.05, 4.69) is 10.6 Å². The smallest absolute Gasteiger partial charge is 0.342 e. The first-order valence-electron chi connectivity index (χ1n) is 8.90. The molecule has 30 heavy (non-hydrogen) atoms. The molecule has 1 aliphatic rings. The van der Waals surface area contributed by atoms with Gasteiger partial charge in [0.2, 0.25) is 0 Å². The average molecular weight is 432 g/mol. The van der Waals surface area contributed by atoms with Crippen molar-refractivity contribution in [2.45, 2.75) is 4.90 Å². The van der Waals surface area contributed by atoms with Crippen molar-refractivity contribution in [1.82, 2.24) is 5.32 Å². The summed E-state index contributed by atoms with van der Waals surface area (Å²) in [5.74, 6) is -0.0967. The van der Waals surface area contributed by atoms with Crippen molar-refractivity contribution in [3.8, 4) is 17.2 Å². The number of methoxy groups -OCH3 is 1. The van der Waals surface area contributed by atoms with Crippen LogP contribution in [0.2, 0.25) is 0 Å². The lowest BCUT2D eigenvalue weighted by molar-refractivity contribution is -0.123. The number of carbonyl (C=O) groups is 3. The summed E-state index contributed by atoms with van der Waals surface area (Å²) in [7, 11) is 1.44. The minimum atomic E-state index is -0.780. The number of rotatable bonds is 6. The summed E-state index contributed by atoms with van der Waals surface area (Å²) in [6.45, 7) is 0.249. The molecule has 2 aromatic rings. The molecule has 3 rings (SSSR count). The molecule has 158 valence electrons. The minimum absolute atomic E-state index is 0.184. The second-order valence-corrected chi connectivity index (χ2v) is 6.88. The van der Waals surface area contributed by atoms with Crippen LogP contribution in [0, 0.1) is 0 Å². The van der Waals surface area contributed by atoms with E-state index in [1.54, 1.807) is 36.4 Å². The average Bonchev–Trinajstić information content (AvgIpc) is 2.76. The third-order valence-corrected chi connectivity index (χ3v) is 4.74. The second kappa shape index (κ2) is 9.88. The van der Waals surface area contributed by atoms with Crippen molar-refractivity contribution in [2.24, 2.45) is 0 Å². The van der Waals surface area contributed by atoms with E-state index in [9.17, 15) is 14.4 Å². The van der Waals surface area contributed by atoms with Gasteiger partial charge in [0.15, 0.2) is 18.1 Å². The van der Waals surface area contributed by atoms with Crippen LogP contribution < -0.4 is 24.8 Å². The summed E-state index contributed by atoms with van der Waals surface area (Å²) in [4.78, 5) is 37.1. The number of thioether (sulfide) groups is 1. The van der Waals surface area contributed by atoms with E-state index in [-0.39, 0.29) is 5.56 Å². The van der Waals surface area contributed by atoms with Gasteiger partial charge in [-0.15, -0.1) is 11.8 Å². The Labute approximate surface area is 177 Å². The Morgan fingerprint density at radius 3 is 2.57 bits per heavy atom. The third kappa shape index (κ3) is 5.35. The van der Waals surface area contributed by atoms with Crippen molar-refractivity contribution in [3.05, 3.63) is 42.0 Å². The van der Waals surface area contributed by atoms with Gasteiger partial charge in [0.25, 0.3) is 5.91 Å². The van der Waals surface area contributed by atoms with Gasteiger partial charge in [-0.3, -0.25) is 10.1 Å². The van der Waals surface area contributed by atoms with E-state index < -0.39 is 24.5 Å². The van der Waals surface area contributed by atoms with Gasteiger partial charge >= 0.3 is 12.0 Å². The monoisotopic (exact) mass is 432 g/mol. The number of fused-ring (bicyclic) bond motifs is 1. The molecule has 3 amide bonds. The molecule has 0 aromatic heterocycles. The number of esters is 1. The van der Waals surface area contributed by atoms with Crippen LogP contribution in [0.4, 0.5) is 10.5 Å². The second-order valence-electron chi connectivity index (χ2n) is 6.00. The highest BCUT2D eigenvalue weighted by atomic mass is 32.2. The molecule has 0 unspecified atom stereocenters. The van der Waals surface area contributed by atoms with Crippen LogP contribution in [0.25, 0.3) is 0 Å². The summed E-state index contributed by atoms with van der Waals surface area (Å²) in [5, 5.41) is 4.59. The first kappa shape index (κ1) is 21.3. The molecule has 1 heterocycles. The molecule has 1 aliphatic heterocycles. The maximum Gasteiger partial charge on any atom is 0.342 e. The van der Waals surface area contributed by atoms with Crippen molar-refractivity contribution in [1.29, 1.82) is 0 Å². The number of urea groups is 1. The van der Waals surface area contributed by atoms with E-state index >= 15 is 0 Å². The summed E-state index contributed by atoms with van der Waals surface area (Å²) in [6.07, 6.45) is 1.90. The van der Waals surface area contributed by atoms with Gasteiger partial charge < -0.3 is 24.3 Å². The van der Waals surface area contributed by atoms with Gasteiger partial charge in [-0.1, -0.05) is 0 Å². The van der Waals surface area contributed by atoms with E-state index in [0.717, 1.165) is 4.90 Å². The van der Waals surface area contributed by atoms with Gasteiger partial charge in [-0.05, 0) is 36.6 Å². The Morgan fingerprint density at radius 1 is 1.07 bits per heavy atom. The lowest BCUT2D eigenvalue weighted by atomic mass is 10.2. The topological polar surface area (TPSA) is 112 Å². The Kier molecular flexibility index (Phi) is 7.02. The Bertz CT molecular complexity index is 964. The molecule has 0 radical (unpaired) electrons. The van der Waals surface area contributed by atoms with Gasteiger partial charge in [0.05, 0.1) is 7.11 Å². The lowest BCUT2D eigenvalue weighted by Crippen LogP contribution is -2.37. The Morgan fingerprint density at radius 2 is 1.83 bits per heavy atom. The van der Waals surface area contributed by atoms with Crippen LogP contribution in [0.3, 0.4) is 0 Å². The fraction of sp³-hybridized carbons (Fsp3) is 0.250. The largest absolute Gasteiger partial charge is 0.496 e. The predicted molar refractivity (Wildman–Crippen MR) is 110 cm³/mol. The quantitative estimate of drug-likeness (QED) is 0.529. The van der Waals surface area contributed by atoms with Gasteiger partial charge in [-0.25, -0.2) is 9.59 Å². The number of nitrogens with one attached hydrogen (secondary N) is 2. The summed E-state index contributed by atoms with van der Waals surface area (Å²) in [6, 6.07) is 9.08. The molecule has 0 aliphatic carbocycles. The van der Waals surface area contributed by atoms with Crippen molar-refractivity contribution < 1.29 is 33.3 Å². The normalized spacial score (nSPS) is 11.9. The number of hydrogen-bond donors (Lipinski definition) is 2. The SMILES string of the molecule is COc1cc(SC)ccc1C(=O)OCC(=O)NC(=O)Nc1ccc2c(c1)OCCO2. The highest BCUT2D eigenvalue weighted by Gasteiger charge is 2.18. The molecular weight excluding hydrogens is 412 g/mol. The maximum absolute atomic E-state index is 12.2. The van der Waals surface area contributed by atoms with Gasteiger partial charge in [0.1, 0.15) is 24.5 Å². The van der Waals surface area contributed by atoms with Crippen LogP contribution in [0.5, 0.6) is 17.2 Å². The zero-order chi connectivity index (χ0) is 21.5. The number of anilines is 1. The van der Waals surface area contributed by atoms with E-state index in [0.29, 0.717) is 36.1 Å². The minimum Gasteiger partial charge on any atom is -0.496 e. The number of imide groups is 1.